The van der Waals surface area contributed by atoms with Crippen LogP contribution in [0.15, 0.2) is 42.6 Å². The van der Waals surface area contributed by atoms with Gasteiger partial charge in [0.1, 0.15) is 5.75 Å². The van der Waals surface area contributed by atoms with Gasteiger partial charge in [0.15, 0.2) is 6.29 Å². The first-order valence-corrected chi connectivity index (χ1v) is 11.3. The average Bonchev–Trinajstić information content (AvgIpc) is 3.19. The van der Waals surface area contributed by atoms with Crippen LogP contribution in [-0.4, -0.2) is 41.9 Å². The summed E-state index contributed by atoms with van der Waals surface area (Å²) >= 11 is 6.03. The van der Waals surface area contributed by atoms with Crippen molar-refractivity contribution in [3.8, 4) is 5.75 Å². The predicted octanol–water partition coefficient (Wildman–Crippen LogP) is 5.67. The fourth-order valence-corrected chi connectivity index (χ4v) is 4.86. The van der Waals surface area contributed by atoms with Crippen LogP contribution in [0.1, 0.15) is 47.7 Å². The number of hydrogen-bond donors (Lipinski definition) is 1. The molecule has 0 saturated carbocycles. The molecule has 30 heavy (non-hydrogen) atoms. The minimum atomic E-state index is 0.503. The predicted molar refractivity (Wildman–Crippen MR) is 123 cm³/mol. The Hall–Kier alpha value is -2.30. The second-order valence-electron chi connectivity index (χ2n) is 8.08. The van der Waals surface area contributed by atoms with E-state index in [0.717, 1.165) is 73.7 Å². The summed E-state index contributed by atoms with van der Waals surface area (Å²) in [7, 11) is 0. The summed E-state index contributed by atoms with van der Waals surface area (Å²) in [6.07, 6.45) is 8.14. The third-order valence-corrected chi connectivity index (χ3v) is 6.31. The van der Waals surface area contributed by atoms with E-state index in [4.69, 9.17) is 16.3 Å². The van der Waals surface area contributed by atoms with Gasteiger partial charge < -0.3 is 9.72 Å². The first-order valence-electron chi connectivity index (χ1n) is 10.9. The lowest BCUT2D eigenvalue weighted by molar-refractivity contribution is 0.112. The Kier molecular flexibility index (Phi) is 6.76. The number of carbonyl (C=O) groups excluding carboxylic acids is 1. The highest BCUT2D eigenvalue weighted by molar-refractivity contribution is 6.30. The van der Waals surface area contributed by atoms with Gasteiger partial charge in [0.2, 0.25) is 0 Å². The first-order chi connectivity index (χ1) is 14.7. The van der Waals surface area contributed by atoms with Crippen LogP contribution >= 0.6 is 11.6 Å². The Morgan fingerprint density at radius 1 is 1.27 bits per heavy atom. The van der Waals surface area contributed by atoms with Crippen molar-refractivity contribution in [3.63, 3.8) is 0 Å². The van der Waals surface area contributed by atoms with Crippen LogP contribution in [0.25, 0.3) is 10.9 Å². The van der Waals surface area contributed by atoms with Crippen LogP contribution in [-0.2, 0) is 12.8 Å². The van der Waals surface area contributed by atoms with Crippen molar-refractivity contribution in [1.82, 2.24) is 9.88 Å². The highest BCUT2D eigenvalue weighted by Gasteiger charge is 2.26. The van der Waals surface area contributed by atoms with Gasteiger partial charge in [-0.2, -0.15) is 0 Å². The van der Waals surface area contributed by atoms with Gasteiger partial charge in [0, 0.05) is 40.3 Å². The molecule has 4 nitrogen and oxygen atoms in total. The molecular formula is C25H29ClN2O2. The fourth-order valence-electron chi connectivity index (χ4n) is 4.68. The molecule has 5 heteroatoms. The molecule has 1 aliphatic rings. The van der Waals surface area contributed by atoms with Gasteiger partial charge in [-0.15, -0.1) is 0 Å². The van der Waals surface area contributed by atoms with E-state index in [2.05, 4.69) is 28.9 Å². The van der Waals surface area contributed by atoms with Gasteiger partial charge in [-0.3, -0.25) is 9.69 Å². The lowest BCUT2D eigenvalue weighted by atomic mass is 9.84. The van der Waals surface area contributed by atoms with E-state index in [0.29, 0.717) is 17.7 Å². The van der Waals surface area contributed by atoms with Gasteiger partial charge >= 0.3 is 0 Å². The van der Waals surface area contributed by atoms with Crippen LogP contribution in [0.4, 0.5) is 0 Å². The van der Waals surface area contributed by atoms with Gasteiger partial charge in [-0.05, 0) is 74.0 Å². The molecule has 0 radical (unpaired) electrons. The van der Waals surface area contributed by atoms with Crippen LogP contribution in [0.3, 0.4) is 0 Å². The van der Waals surface area contributed by atoms with Crippen molar-refractivity contribution in [2.75, 3.05) is 19.7 Å². The molecule has 0 aliphatic heterocycles. The number of hydrogen-bond acceptors (Lipinski definition) is 3. The van der Waals surface area contributed by atoms with Gasteiger partial charge in [-0.1, -0.05) is 30.7 Å². The Morgan fingerprint density at radius 3 is 2.97 bits per heavy atom. The topological polar surface area (TPSA) is 45.3 Å². The molecule has 1 heterocycles. The van der Waals surface area contributed by atoms with Gasteiger partial charge in [-0.25, -0.2) is 0 Å². The van der Waals surface area contributed by atoms with Gasteiger partial charge in [0.25, 0.3) is 0 Å². The largest absolute Gasteiger partial charge is 0.493 e. The molecule has 158 valence electrons. The highest BCUT2D eigenvalue weighted by Crippen LogP contribution is 2.32. The number of aromatic nitrogens is 1. The molecule has 0 bridgehead atoms. The number of benzene rings is 2. The molecule has 1 N–H and O–H groups in total. The molecule has 1 aromatic heterocycles. The van der Waals surface area contributed by atoms with E-state index in [1.807, 2.05) is 30.5 Å². The van der Waals surface area contributed by atoms with Crippen LogP contribution < -0.4 is 4.74 Å². The SMILES string of the molecule is CCCN(CCCOc1cccc(Cl)c1)C1CCc2ccc3[nH]cc(C=O)c3c2C1. The van der Waals surface area contributed by atoms with Crippen molar-refractivity contribution in [1.29, 1.82) is 0 Å². The molecule has 1 aliphatic carbocycles. The minimum absolute atomic E-state index is 0.503. The van der Waals surface area contributed by atoms with E-state index in [9.17, 15) is 4.79 Å². The number of aromatic amines is 1. The zero-order chi connectivity index (χ0) is 20.9. The summed E-state index contributed by atoms with van der Waals surface area (Å²) in [6.45, 7) is 5.02. The number of nitrogens with one attached hydrogen (secondary N) is 1. The summed E-state index contributed by atoms with van der Waals surface area (Å²) in [6, 6.07) is 12.4. The minimum Gasteiger partial charge on any atom is -0.493 e. The van der Waals surface area contributed by atoms with Gasteiger partial charge in [0.05, 0.1) is 6.61 Å². The van der Waals surface area contributed by atoms with E-state index < -0.39 is 0 Å². The quantitative estimate of drug-likeness (QED) is 0.355. The molecule has 4 rings (SSSR count). The molecule has 0 spiro atoms. The normalized spacial score (nSPS) is 16.0. The lowest BCUT2D eigenvalue weighted by Crippen LogP contribution is -2.41. The Bertz CT molecular complexity index is 1010. The summed E-state index contributed by atoms with van der Waals surface area (Å²) in [5, 5.41) is 1.82. The second-order valence-corrected chi connectivity index (χ2v) is 8.52. The molecule has 2 aromatic carbocycles. The number of nitrogens with zero attached hydrogens (tertiary/aromatic N) is 1. The summed E-state index contributed by atoms with van der Waals surface area (Å²) in [4.78, 5) is 17.4. The standard InChI is InChI=1S/C25H29ClN2O2/c1-2-11-28(12-4-13-30-22-6-3-5-20(26)14-22)21-9-7-18-8-10-24-25(23(18)15-21)19(17-29)16-27-24/h3,5-6,8,10,14,16-17,21,27H,2,4,7,9,11-13,15H2,1H3. The van der Waals surface area contributed by atoms with Crippen LogP contribution in [0, 0.1) is 0 Å². The highest BCUT2D eigenvalue weighted by atomic mass is 35.5. The molecule has 3 aromatic rings. The third kappa shape index (κ3) is 4.55. The monoisotopic (exact) mass is 424 g/mol. The van der Waals surface area contributed by atoms with Crippen molar-refractivity contribution in [2.24, 2.45) is 0 Å². The maximum atomic E-state index is 11.5. The zero-order valence-corrected chi connectivity index (χ0v) is 18.3. The Balaban J connectivity index is 1.42. The first kappa shape index (κ1) is 21.0. The number of rotatable bonds is 9. The van der Waals surface area contributed by atoms with Crippen LogP contribution in [0.2, 0.25) is 5.02 Å². The third-order valence-electron chi connectivity index (χ3n) is 6.08. The zero-order valence-electron chi connectivity index (χ0n) is 17.5. The Morgan fingerprint density at radius 2 is 2.17 bits per heavy atom. The molecule has 0 amide bonds. The average molecular weight is 425 g/mol. The smallest absolute Gasteiger partial charge is 0.152 e. The maximum Gasteiger partial charge on any atom is 0.152 e. The second kappa shape index (κ2) is 9.67. The summed E-state index contributed by atoms with van der Waals surface area (Å²) in [5.41, 5.74) is 4.58. The van der Waals surface area contributed by atoms with E-state index >= 15 is 0 Å². The molecule has 0 fully saturated rings. The number of fused-ring (bicyclic) bond motifs is 3. The lowest BCUT2D eigenvalue weighted by Gasteiger charge is -2.35. The van der Waals surface area contributed by atoms with Crippen molar-refractivity contribution < 1.29 is 9.53 Å². The number of ether oxygens (including phenoxy) is 1. The Labute approximate surface area is 183 Å². The number of halogens is 1. The fraction of sp³-hybridized carbons (Fsp3) is 0.400. The number of aldehydes is 1. The number of aryl methyl sites for hydroxylation is 1. The van der Waals surface area contributed by atoms with Crippen molar-refractivity contribution in [3.05, 3.63) is 64.3 Å². The summed E-state index contributed by atoms with van der Waals surface area (Å²) < 4.78 is 5.88. The van der Waals surface area contributed by atoms with E-state index in [1.54, 1.807) is 0 Å². The molecule has 0 saturated heterocycles. The van der Waals surface area contributed by atoms with Crippen molar-refractivity contribution in [2.45, 2.75) is 45.1 Å². The van der Waals surface area contributed by atoms with E-state index in [-0.39, 0.29) is 0 Å². The molecule has 1 atom stereocenters. The summed E-state index contributed by atoms with van der Waals surface area (Å²) in [5.74, 6) is 0.826. The number of carbonyl (C=O) groups is 1. The number of H-pyrrole nitrogens is 1. The molecule has 1 unspecified atom stereocenters. The van der Waals surface area contributed by atoms with E-state index in [1.165, 1.54) is 11.1 Å². The van der Waals surface area contributed by atoms with Crippen LogP contribution in [0.5, 0.6) is 5.75 Å². The molecular weight excluding hydrogens is 396 g/mol. The van der Waals surface area contributed by atoms with Crippen molar-refractivity contribution >= 4 is 28.8 Å². The maximum absolute atomic E-state index is 11.5.